The predicted octanol–water partition coefficient (Wildman–Crippen LogP) is 2.21. The quantitative estimate of drug-likeness (QED) is 0.683. The van der Waals surface area contributed by atoms with Gasteiger partial charge in [-0.15, -0.1) is 0 Å². The third-order valence-corrected chi connectivity index (χ3v) is 2.54. The molecule has 0 aliphatic rings. The number of carbonyl (C=O) groups excluding carboxylic acids is 1. The van der Waals surface area contributed by atoms with E-state index in [0.717, 1.165) is 13.3 Å². The van der Waals surface area contributed by atoms with E-state index in [1.165, 1.54) is 0 Å². The first-order chi connectivity index (χ1) is 9.22. The van der Waals surface area contributed by atoms with Crippen LogP contribution >= 0.6 is 0 Å². The van der Waals surface area contributed by atoms with Crippen LogP contribution in [0.1, 0.15) is 28.8 Å². The molecule has 0 unspecified atom stereocenters. The van der Waals surface area contributed by atoms with Crippen LogP contribution in [0.3, 0.4) is 0 Å². The molecule has 0 fully saturated rings. The van der Waals surface area contributed by atoms with Crippen molar-refractivity contribution in [2.24, 2.45) is 5.73 Å². The van der Waals surface area contributed by atoms with Crippen molar-refractivity contribution >= 4 is 5.97 Å². The third kappa shape index (κ3) is 3.41. The first-order valence-electron chi connectivity index (χ1n) is 5.35. The molecule has 0 spiro atoms. The summed E-state index contributed by atoms with van der Waals surface area (Å²) in [5.74, 6) is -1.01. The van der Waals surface area contributed by atoms with Gasteiger partial charge in [0.15, 0.2) is 0 Å². The van der Waals surface area contributed by atoms with Gasteiger partial charge in [-0.25, -0.2) is 8.78 Å². The number of halogens is 5. The molecule has 112 valence electrons. The smallest absolute Gasteiger partial charge is 0.418 e. The van der Waals surface area contributed by atoms with E-state index < -0.39 is 53.9 Å². The summed E-state index contributed by atoms with van der Waals surface area (Å²) in [5.41, 5.74) is 1.06. The Hall–Kier alpha value is -1.77. The Morgan fingerprint density at radius 3 is 2.45 bits per heavy atom. The molecule has 2 N–H and O–H groups in total. The summed E-state index contributed by atoms with van der Waals surface area (Å²) in [6.45, 7) is -0.520. The van der Waals surface area contributed by atoms with Gasteiger partial charge in [0.2, 0.25) is 0 Å². The molecule has 1 aromatic rings. The van der Waals surface area contributed by atoms with Crippen LogP contribution in [0, 0.1) is 0 Å². The second-order valence-corrected chi connectivity index (χ2v) is 3.77. The van der Waals surface area contributed by atoms with Gasteiger partial charge in [-0.05, 0) is 5.56 Å². The Morgan fingerprint density at radius 1 is 1.45 bits per heavy atom. The average Bonchev–Trinajstić information content (AvgIpc) is 2.36. The summed E-state index contributed by atoms with van der Waals surface area (Å²) in [6, 6.07) is 0. The van der Waals surface area contributed by atoms with Gasteiger partial charge in [-0.2, -0.15) is 13.2 Å². The molecular formula is C11H11F5N2O2. The summed E-state index contributed by atoms with van der Waals surface area (Å²) in [5, 5.41) is 0. The highest BCUT2D eigenvalue weighted by Crippen LogP contribution is 2.39. The van der Waals surface area contributed by atoms with Crippen molar-refractivity contribution < 1.29 is 31.5 Å². The van der Waals surface area contributed by atoms with Crippen LogP contribution in [-0.2, 0) is 28.7 Å². The third-order valence-electron chi connectivity index (χ3n) is 2.54. The molecule has 0 aliphatic carbocycles. The van der Waals surface area contributed by atoms with E-state index in [1.807, 2.05) is 0 Å². The molecule has 1 rings (SSSR count). The van der Waals surface area contributed by atoms with Crippen LogP contribution in [0.4, 0.5) is 22.0 Å². The van der Waals surface area contributed by atoms with Crippen molar-refractivity contribution in [1.82, 2.24) is 4.98 Å². The SMILES string of the molecule is COC(=O)Cc1ncc(CN)c(C(F)F)c1C(F)(F)F. The number of nitrogens with two attached hydrogens (primary N) is 1. The van der Waals surface area contributed by atoms with Crippen molar-refractivity contribution in [3.63, 3.8) is 0 Å². The van der Waals surface area contributed by atoms with Gasteiger partial charge < -0.3 is 10.5 Å². The highest BCUT2D eigenvalue weighted by molar-refractivity contribution is 5.72. The van der Waals surface area contributed by atoms with Gasteiger partial charge in [-0.3, -0.25) is 9.78 Å². The Kier molecular flexibility index (Phi) is 4.98. The summed E-state index contributed by atoms with van der Waals surface area (Å²) >= 11 is 0. The van der Waals surface area contributed by atoms with E-state index in [2.05, 4.69) is 9.72 Å². The predicted molar refractivity (Wildman–Crippen MR) is 57.8 cm³/mol. The highest BCUT2D eigenvalue weighted by Gasteiger charge is 2.40. The largest absolute Gasteiger partial charge is 0.469 e. The van der Waals surface area contributed by atoms with E-state index in [1.54, 1.807) is 0 Å². The number of methoxy groups -OCH3 is 1. The van der Waals surface area contributed by atoms with E-state index in [0.29, 0.717) is 0 Å². The minimum Gasteiger partial charge on any atom is -0.469 e. The van der Waals surface area contributed by atoms with Crippen molar-refractivity contribution in [2.75, 3.05) is 7.11 Å². The molecular weight excluding hydrogens is 287 g/mol. The second-order valence-electron chi connectivity index (χ2n) is 3.77. The van der Waals surface area contributed by atoms with Crippen LogP contribution in [0.25, 0.3) is 0 Å². The maximum atomic E-state index is 13.0. The van der Waals surface area contributed by atoms with Crippen LogP contribution < -0.4 is 5.73 Å². The standard InChI is InChI=1S/C11H11F5N2O2/c1-20-7(19)2-6-9(11(14,15)16)8(10(12)13)5(3-17)4-18-6/h4,10H,2-3,17H2,1H3. The van der Waals surface area contributed by atoms with E-state index in [4.69, 9.17) is 5.73 Å². The summed E-state index contributed by atoms with van der Waals surface area (Å²) in [6.07, 6.45) is -8.50. The Bertz CT molecular complexity index is 502. The molecule has 4 nitrogen and oxygen atoms in total. The minimum atomic E-state index is -5.08. The van der Waals surface area contributed by atoms with Gasteiger partial charge in [0, 0.05) is 18.3 Å². The monoisotopic (exact) mass is 298 g/mol. The first-order valence-corrected chi connectivity index (χ1v) is 5.35. The lowest BCUT2D eigenvalue weighted by Gasteiger charge is -2.18. The number of rotatable bonds is 4. The maximum Gasteiger partial charge on any atom is 0.418 e. The lowest BCUT2D eigenvalue weighted by molar-refractivity contribution is -0.142. The molecule has 0 atom stereocenters. The fourth-order valence-electron chi connectivity index (χ4n) is 1.68. The van der Waals surface area contributed by atoms with Gasteiger partial charge in [0.1, 0.15) is 0 Å². The zero-order valence-corrected chi connectivity index (χ0v) is 10.3. The summed E-state index contributed by atoms with van der Waals surface area (Å²) in [7, 11) is 0.970. The number of esters is 1. The number of alkyl halides is 5. The fraction of sp³-hybridized carbons (Fsp3) is 0.455. The number of hydrogen-bond donors (Lipinski definition) is 1. The lowest BCUT2D eigenvalue weighted by Crippen LogP contribution is -2.20. The van der Waals surface area contributed by atoms with Crippen molar-refractivity contribution in [2.45, 2.75) is 25.6 Å². The van der Waals surface area contributed by atoms with E-state index >= 15 is 0 Å². The molecule has 0 aromatic carbocycles. The molecule has 0 bridgehead atoms. The van der Waals surface area contributed by atoms with Gasteiger partial charge in [0.25, 0.3) is 6.43 Å². The van der Waals surface area contributed by atoms with Crippen LogP contribution in [-0.4, -0.2) is 18.1 Å². The van der Waals surface area contributed by atoms with Crippen molar-refractivity contribution in [1.29, 1.82) is 0 Å². The zero-order chi connectivity index (χ0) is 15.5. The van der Waals surface area contributed by atoms with Gasteiger partial charge in [-0.1, -0.05) is 0 Å². The van der Waals surface area contributed by atoms with Crippen LogP contribution in [0.2, 0.25) is 0 Å². The van der Waals surface area contributed by atoms with Crippen LogP contribution in [0.5, 0.6) is 0 Å². The number of pyridine rings is 1. The van der Waals surface area contributed by atoms with Crippen molar-refractivity contribution in [3.8, 4) is 0 Å². The number of carbonyl (C=O) groups is 1. The normalized spacial score (nSPS) is 11.8. The number of aromatic nitrogens is 1. The lowest BCUT2D eigenvalue weighted by atomic mass is 9.99. The Morgan fingerprint density at radius 2 is 2.05 bits per heavy atom. The molecule has 1 aromatic heterocycles. The summed E-state index contributed by atoms with van der Waals surface area (Å²) in [4.78, 5) is 14.5. The van der Waals surface area contributed by atoms with Gasteiger partial charge >= 0.3 is 12.1 Å². The minimum absolute atomic E-state index is 0.416. The van der Waals surface area contributed by atoms with Crippen LogP contribution in [0.15, 0.2) is 6.20 Å². The molecule has 0 saturated heterocycles. The van der Waals surface area contributed by atoms with E-state index in [-0.39, 0.29) is 0 Å². The fourth-order valence-corrected chi connectivity index (χ4v) is 1.68. The summed E-state index contributed by atoms with van der Waals surface area (Å²) < 4.78 is 69.0. The zero-order valence-electron chi connectivity index (χ0n) is 10.3. The number of hydrogen-bond acceptors (Lipinski definition) is 4. The molecule has 20 heavy (non-hydrogen) atoms. The molecule has 0 amide bonds. The van der Waals surface area contributed by atoms with E-state index in [9.17, 15) is 26.7 Å². The Labute approximate surface area is 110 Å². The maximum absolute atomic E-state index is 13.0. The highest BCUT2D eigenvalue weighted by atomic mass is 19.4. The van der Waals surface area contributed by atoms with Gasteiger partial charge in [0.05, 0.1) is 24.8 Å². The van der Waals surface area contributed by atoms with Crippen molar-refractivity contribution in [3.05, 3.63) is 28.6 Å². The molecule has 0 saturated carbocycles. The number of ether oxygens (including phenoxy) is 1. The molecule has 0 aliphatic heterocycles. The number of nitrogens with zero attached hydrogens (tertiary/aromatic N) is 1. The second kappa shape index (κ2) is 6.12. The first kappa shape index (κ1) is 16.3. The Balaban J connectivity index is 3.53. The topological polar surface area (TPSA) is 65.2 Å². The molecule has 1 heterocycles. The average molecular weight is 298 g/mol. The molecule has 9 heteroatoms. The molecule has 0 radical (unpaired) electrons.